The summed E-state index contributed by atoms with van der Waals surface area (Å²) in [5.74, 6) is -0.0873. The molecule has 1 aliphatic carbocycles. The first kappa shape index (κ1) is 15.7. The Bertz CT molecular complexity index is 712. The Morgan fingerprint density at radius 3 is 2.04 bits per heavy atom. The van der Waals surface area contributed by atoms with Crippen LogP contribution in [0.3, 0.4) is 0 Å². The first-order valence-corrected chi connectivity index (χ1v) is 8.08. The molecule has 2 aromatic rings. The molecule has 1 nitrogen and oxygen atoms in total. The van der Waals surface area contributed by atoms with Gasteiger partial charge in [-0.1, -0.05) is 31.9 Å². The summed E-state index contributed by atoms with van der Waals surface area (Å²) in [6.07, 6.45) is 4.23. The molecule has 0 spiro atoms. The molecule has 1 fully saturated rings. The lowest BCUT2D eigenvalue weighted by atomic mass is 9.79. The first-order chi connectivity index (χ1) is 11.1. The maximum atomic E-state index is 14.5. The molecule has 2 aromatic carbocycles. The number of nitrogens with zero attached hydrogens (tertiary/aromatic N) is 1. The molecule has 3 rings (SSSR count). The van der Waals surface area contributed by atoms with Crippen LogP contribution in [0.5, 0.6) is 0 Å². The van der Waals surface area contributed by atoms with E-state index in [1.54, 1.807) is 24.3 Å². The Morgan fingerprint density at radius 2 is 1.52 bits per heavy atom. The molecular formula is C20H19F2N. The summed E-state index contributed by atoms with van der Waals surface area (Å²) in [7, 11) is 0. The molecule has 1 aliphatic rings. The van der Waals surface area contributed by atoms with Gasteiger partial charge in [0.05, 0.1) is 17.2 Å². The van der Waals surface area contributed by atoms with Crippen LogP contribution in [0, 0.1) is 28.9 Å². The van der Waals surface area contributed by atoms with Gasteiger partial charge >= 0.3 is 0 Å². The molecule has 0 atom stereocenters. The van der Waals surface area contributed by atoms with Crippen molar-refractivity contribution in [2.24, 2.45) is 5.92 Å². The maximum absolute atomic E-state index is 14.5. The number of benzene rings is 2. The third kappa shape index (κ3) is 3.27. The maximum Gasteiger partial charge on any atom is 0.134 e. The zero-order chi connectivity index (χ0) is 16.4. The molecule has 118 valence electrons. The van der Waals surface area contributed by atoms with E-state index in [2.05, 4.69) is 6.92 Å². The van der Waals surface area contributed by atoms with Crippen molar-refractivity contribution >= 4 is 0 Å². The van der Waals surface area contributed by atoms with Crippen LogP contribution in [0.15, 0.2) is 36.4 Å². The molecular weight excluding hydrogens is 292 g/mol. The molecule has 0 aliphatic heterocycles. The Labute approximate surface area is 135 Å². The highest BCUT2D eigenvalue weighted by atomic mass is 19.1. The molecule has 0 aromatic heterocycles. The SMILES string of the molecule is CC1CCC(c2cc(F)c(-c3ccc(C#N)cc3)c(F)c2)CC1. The molecule has 0 heterocycles. The van der Waals surface area contributed by atoms with Crippen LogP contribution in [0.1, 0.15) is 49.7 Å². The molecule has 1 saturated carbocycles. The molecule has 0 amide bonds. The van der Waals surface area contributed by atoms with Crippen LogP contribution < -0.4 is 0 Å². The minimum absolute atomic E-state index is 0.0117. The van der Waals surface area contributed by atoms with Gasteiger partial charge in [0.1, 0.15) is 11.6 Å². The molecule has 0 bridgehead atoms. The fourth-order valence-corrected chi connectivity index (χ4v) is 3.41. The Morgan fingerprint density at radius 1 is 0.957 bits per heavy atom. The van der Waals surface area contributed by atoms with Crippen LogP contribution in [0.4, 0.5) is 8.78 Å². The molecule has 23 heavy (non-hydrogen) atoms. The Kier molecular flexibility index (Phi) is 4.43. The topological polar surface area (TPSA) is 23.8 Å². The highest BCUT2D eigenvalue weighted by molar-refractivity contribution is 5.66. The lowest BCUT2D eigenvalue weighted by molar-refractivity contribution is 0.346. The van der Waals surface area contributed by atoms with Crippen molar-refractivity contribution in [2.75, 3.05) is 0 Å². The van der Waals surface area contributed by atoms with Crippen molar-refractivity contribution in [3.63, 3.8) is 0 Å². The van der Waals surface area contributed by atoms with E-state index in [1.165, 1.54) is 12.1 Å². The summed E-state index contributed by atoms with van der Waals surface area (Å²) in [5, 5.41) is 8.81. The predicted octanol–water partition coefficient (Wildman–Crippen LogP) is 5.80. The third-order valence-electron chi connectivity index (χ3n) is 4.85. The van der Waals surface area contributed by atoms with Gasteiger partial charge in [0, 0.05) is 0 Å². The van der Waals surface area contributed by atoms with Gasteiger partial charge in [-0.15, -0.1) is 0 Å². The van der Waals surface area contributed by atoms with Gasteiger partial charge in [-0.3, -0.25) is 0 Å². The van der Waals surface area contributed by atoms with Gasteiger partial charge in [0.15, 0.2) is 0 Å². The van der Waals surface area contributed by atoms with Crippen molar-refractivity contribution in [3.8, 4) is 17.2 Å². The fraction of sp³-hybridized carbons (Fsp3) is 0.350. The number of halogens is 2. The Balaban J connectivity index is 1.92. The summed E-state index contributed by atoms with van der Waals surface area (Å²) in [6, 6.07) is 11.3. The van der Waals surface area contributed by atoms with Crippen LogP contribution in [0.25, 0.3) is 11.1 Å². The van der Waals surface area contributed by atoms with Gasteiger partial charge in [-0.2, -0.15) is 5.26 Å². The van der Waals surface area contributed by atoms with Crippen LogP contribution in [0.2, 0.25) is 0 Å². The second kappa shape index (κ2) is 6.50. The summed E-state index contributed by atoms with van der Waals surface area (Å²) < 4.78 is 29.0. The lowest BCUT2D eigenvalue weighted by Crippen LogP contribution is -2.11. The first-order valence-electron chi connectivity index (χ1n) is 8.08. The van der Waals surface area contributed by atoms with Gasteiger partial charge in [0.25, 0.3) is 0 Å². The van der Waals surface area contributed by atoms with Crippen LogP contribution >= 0.6 is 0 Å². The average Bonchev–Trinajstić information content (AvgIpc) is 2.55. The van der Waals surface area contributed by atoms with Crippen LogP contribution in [-0.2, 0) is 0 Å². The number of rotatable bonds is 2. The number of hydrogen-bond donors (Lipinski definition) is 0. The second-order valence-corrected chi connectivity index (χ2v) is 6.51. The van der Waals surface area contributed by atoms with E-state index in [4.69, 9.17) is 5.26 Å². The molecule has 0 N–H and O–H groups in total. The second-order valence-electron chi connectivity index (χ2n) is 6.51. The highest BCUT2D eigenvalue weighted by Crippen LogP contribution is 2.38. The van der Waals surface area contributed by atoms with Crippen molar-refractivity contribution in [2.45, 2.75) is 38.5 Å². The minimum atomic E-state index is -0.525. The van der Waals surface area contributed by atoms with Crippen molar-refractivity contribution in [3.05, 3.63) is 59.2 Å². The summed E-state index contributed by atoms with van der Waals surface area (Å²) in [5.41, 5.74) is 1.69. The lowest BCUT2D eigenvalue weighted by Gasteiger charge is -2.26. The normalized spacial score (nSPS) is 21.0. The van der Waals surface area contributed by atoms with E-state index in [-0.39, 0.29) is 11.5 Å². The summed E-state index contributed by atoms with van der Waals surface area (Å²) >= 11 is 0. The van der Waals surface area contributed by atoms with E-state index >= 15 is 0 Å². The largest absolute Gasteiger partial charge is 0.206 e. The quantitative estimate of drug-likeness (QED) is 0.688. The van der Waals surface area contributed by atoms with E-state index in [9.17, 15) is 8.78 Å². The van der Waals surface area contributed by atoms with E-state index in [0.29, 0.717) is 17.0 Å². The predicted molar refractivity (Wildman–Crippen MR) is 86.9 cm³/mol. The monoisotopic (exact) mass is 311 g/mol. The fourth-order valence-electron chi connectivity index (χ4n) is 3.41. The standard InChI is InChI=1S/C20H19F2N/c1-13-2-6-15(7-3-13)17-10-18(21)20(19(22)11-17)16-8-4-14(12-23)5-9-16/h4-5,8-11,13,15H,2-3,6-7H2,1H3. The number of nitriles is 1. The van der Waals surface area contributed by atoms with E-state index < -0.39 is 11.6 Å². The van der Waals surface area contributed by atoms with Gasteiger partial charge in [-0.25, -0.2) is 8.78 Å². The third-order valence-corrected chi connectivity index (χ3v) is 4.85. The van der Waals surface area contributed by atoms with Gasteiger partial charge < -0.3 is 0 Å². The summed E-state index contributed by atoms with van der Waals surface area (Å²) in [4.78, 5) is 0. The Hall–Kier alpha value is -2.21. The average molecular weight is 311 g/mol. The number of hydrogen-bond acceptors (Lipinski definition) is 1. The molecule has 3 heteroatoms. The van der Waals surface area contributed by atoms with Crippen molar-refractivity contribution < 1.29 is 8.78 Å². The van der Waals surface area contributed by atoms with Crippen molar-refractivity contribution in [1.82, 2.24) is 0 Å². The van der Waals surface area contributed by atoms with Gasteiger partial charge in [-0.05, 0) is 60.1 Å². The van der Waals surface area contributed by atoms with Crippen LogP contribution in [-0.4, -0.2) is 0 Å². The van der Waals surface area contributed by atoms with E-state index in [0.717, 1.165) is 31.2 Å². The summed E-state index contributed by atoms with van der Waals surface area (Å²) in [6.45, 7) is 2.23. The molecule has 0 saturated heterocycles. The van der Waals surface area contributed by atoms with Crippen molar-refractivity contribution in [1.29, 1.82) is 5.26 Å². The molecule has 0 radical (unpaired) electrons. The zero-order valence-electron chi connectivity index (χ0n) is 13.2. The van der Waals surface area contributed by atoms with E-state index in [1.807, 2.05) is 6.07 Å². The molecule has 0 unspecified atom stereocenters. The van der Waals surface area contributed by atoms with Gasteiger partial charge in [0.2, 0.25) is 0 Å². The minimum Gasteiger partial charge on any atom is -0.206 e. The zero-order valence-corrected chi connectivity index (χ0v) is 13.2. The highest BCUT2D eigenvalue weighted by Gasteiger charge is 2.22. The smallest absolute Gasteiger partial charge is 0.134 e.